The van der Waals surface area contributed by atoms with Crippen molar-refractivity contribution in [2.75, 3.05) is 19.7 Å². The Balaban J connectivity index is 1.94. The topological polar surface area (TPSA) is 60.2 Å². The monoisotopic (exact) mass is 307 g/mol. The molecule has 2 heterocycles. The Hall–Kier alpha value is -1.15. The van der Waals surface area contributed by atoms with E-state index in [4.69, 9.17) is 4.52 Å². The zero-order chi connectivity index (χ0) is 15.5. The van der Waals surface area contributed by atoms with Crippen LogP contribution in [0, 0.1) is 5.92 Å². The molecule has 1 aliphatic rings. The summed E-state index contributed by atoms with van der Waals surface area (Å²) in [5.41, 5.74) is -0.317. The van der Waals surface area contributed by atoms with E-state index in [1.54, 1.807) is 0 Å². The van der Waals surface area contributed by atoms with Gasteiger partial charge in [0.25, 0.3) is 0 Å². The molecule has 1 aromatic rings. The normalized spacial score (nSPS) is 20.7. The minimum absolute atomic E-state index is 0.145. The highest BCUT2D eigenvalue weighted by molar-refractivity contribution is 5.05. The standard InChI is InChI=1S/C13H20F3N3O2/c1-12(2,9-4-3-5-17-6-9)11-18-10(19-21-11)7-20-8-13(14,15)16/h9,17H,3-8H2,1-2H3. The lowest BCUT2D eigenvalue weighted by molar-refractivity contribution is -0.177. The van der Waals surface area contributed by atoms with Gasteiger partial charge in [-0.15, -0.1) is 0 Å². The van der Waals surface area contributed by atoms with Crippen LogP contribution in [0.4, 0.5) is 13.2 Å². The summed E-state index contributed by atoms with van der Waals surface area (Å²) in [4.78, 5) is 4.18. The van der Waals surface area contributed by atoms with Crippen molar-refractivity contribution in [2.45, 2.75) is 44.9 Å². The fraction of sp³-hybridized carbons (Fsp3) is 0.846. The molecule has 0 aromatic carbocycles. The Morgan fingerprint density at radius 2 is 2.14 bits per heavy atom. The molecule has 1 atom stereocenters. The van der Waals surface area contributed by atoms with Crippen LogP contribution in [0.15, 0.2) is 4.52 Å². The third kappa shape index (κ3) is 4.41. The van der Waals surface area contributed by atoms with Crippen LogP contribution in [0.2, 0.25) is 0 Å². The van der Waals surface area contributed by atoms with Gasteiger partial charge >= 0.3 is 6.18 Å². The van der Waals surface area contributed by atoms with Crippen molar-refractivity contribution in [2.24, 2.45) is 5.92 Å². The molecule has 1 saturated heterocycles. The van der Waals surface area contributed by atoms with Crippen LogP contribution >= 0.6 is 0 Å². The molecule has 1 aliphatic heterocycles. The molecular weight excluding hydrogens is 287 g/mol. The van der Waals surface area contributed by atoms with Gasteiger partial charge in [0, 0.05) is 5.41 Å². The first kappa shape index (κ1) is 16.2. The van der Waals surface area contributed by atoms with Crippen molar-refractivity contribution in [3.05, 3.63) is 11.7 Å². The fourth-order valence-corrected chi connectivity index (χ4v) is 2.47. The summed E-state index contributed by atoms with van der Waals surface area (Å²) in [5.74, 6) is 0.948. The molecule has 0 radical (unpaired) electrons. The van der Waals surface area contributed by atoms with Crippen molar-refractivity contribution in [3.8, 4) is 0 Å². The zero-order valence-corrected chi connectivity index (χ0v) is 12.2. The van der Waals surface area contributed by atoms with Crippen LogP contribution in [0.3, 0.4) is 0 Å². The highest BCUT2D eigenvalue weighted by atomic mass is 19.4. The van der Waals surface area contributed by atoms with Crippen molar-refractivity contribution < 1.29 is 22.4 Å². The Kier molecular flexibility index (Phi) is 4.88. The van der Waals surface area contributed by atoms with Gasteiger partial charge in [-0.05, 0) is 31.8 Å². The smallest absolute Gasteiger partial charge is 0.364 e. The van der Waals surface area contributed by atoms with Crippen molar-refractivity contribution in [1.29, 1.82) is 0 Å². The molecule has 0 spiro atoms. The van der Waals surface area contributed by atoms with E-state index in [1.807, 2.05) is 13.8 Å². The average molecular weight is 307 g/mol. The molecule has 1 aromatic heterocycles. The SMILES string of the molecule is CC(C)(c1nc(COCC(F)(F)F)no1)C1CCCNC1. The highest BCUT2D eigenvalue weighted by Crippen LogP contribution is 2.34. The van der Waals surface area contributed by atoms with Gasteiger partial charge in [0.15, 0.2) is 5.82 Å². The number of nitrogens with zero attached hydrogens (tertiary/aromatic N) is 2. The molecule has 5 nitrogen and oxygen atoms in total. The van der Waals surface area contributed by atoms with Crippen LogP contribution in [0.25, 0.3) is 0 Å². The summed E-state index contributed by atoms with van der Waals surface area (Å²) in [5, 5.41) is 7.03. The first-order chi connectivity index (χ1) is 9.79. The number of alkyl halides is 3. The zero-order valence-electron chi connectivity index (χ0n) is 12.2. The molecule has 8 heteroatoms. The second kappa shape index (κ2) is 6.31. The first-order valence-corrected chi connectivity index (χ1v) is 6.97. The van der Waals surface area contributed by atoms with Crippen LogP contribution < -0.4 is 5.32 Å². The predicted octanol–water partition coefficient (Wildman–Crippen LogP) is 2.43. The lowest BCUT2D eigenvalue weighted by atomic mass is 9.75. The van der Waals surface area contributed by atoms with Gasteiger partial charge < -0.3 is 14.6 Å². The summed E-state index contributed by atoms with van der Waals surface area (Å²) in [6, 6.07) is 0. The maximum Gasteiger partial charge on any atom is 0.411 e. The Labute approximate surface area is 121 Å². The first-order valence-electron chi connectivity index (χ1n) is 6.97. The van der Waals surface area contributed by atoms with E-state index in [9.17, 15) is 13.2 Å². The van der Waals surface area contributed by atoms with E-state index in [0.717, 1.165) is 25.9 Å². The van der Waals surface area contributed by atoms with E-state index < -0.39 is 12.8 Å². The lowest BCUT2D eigenvalue weighted by Crippen LogP contribution is -2.40. The van der Waals surface area contributed by atoms with Gasteiger partial charge in [-0.25, -0.2) is 0 Å². The highest BCUT2D eigenvalue weighted by Gasteiger charge is 2.37. The Bertz CT molecular complexity index is 454. The second-order valence-electron chi connectivity index (χ2n) is 5.89. The maximum atomic E-state index is 12.0. The minimum Gasteiger partial charge on any atom is -0.364 e. The number of hydrogen-bond acceptors (Lipinski definition) is 5. The molecule has 1 unspecified atom stereocenters. The minimum atomic E-state index is -4.35. The number of aromatic nitrogens is 2. The van der Waals surface area contributed by atoms with Gasteiger partial charge in [-0.2, -0.15) is 18.2 Å². The van der Waals surface area contributed by atoms with Crippen LogP contribution in [-0.2, 0) is 16.8 Å². The molecular formula is C13H20F3N3O2. The predicted molar refractivity (Wildman–Crippen MR) is 68.6 cm³/mol. The van der Waals surface area contributed by atoms with Gasteiger partial charge in [-0.1, -0.05) is 19.0 Å². The number of rotatable bonds is 5. The van der Waals surface area contributed by atoms with E-state index in [1.165, 1.54) is 0 Å². The second-order valence-corrected chi connectivity index (χ2v) is 5.89. The van der Waals surface area contributed by atoms with Crippen molar-refractivity contribution >= 4 is 0 Å². The van der Waals surface area contributed by atoms with E-state index >= 15 is 0 Å². The third-order valence-electron chi connectivity index (χ3n) is 3.83. The summed E-state index contributed by atoms with van der Waals surface area (Å²) in [6.07, 6.45) is -2.20. The molecule has 1 fully saturated rings. The van der Waals surface area contributed by atoms with Crippen molar-refractivity contribution in [1.82, 2.24) is 15.5 Å². The molecule has 1 N–H and O–H groups in total. The van der Waals surface area contributed by atoms with Crippen molar-refractivity contribution in [3.63, 3.8) is 0 Å². The van der Waals surface area contributed by atoms with Gasteiger partial charge in [0.05, 0.1) is 0 Å². The molecule has 0 aliphatic carbocycles. The summed E-state index contributed by atoms with van der Waals surface area (Å²) < 4.78 is 45.7. The van der Waals surface area contributed by atoms with E-state index in [2.05, 4.69) is 20.2 Å². The molecule has 2 rings (SSSR count). The van der Waals surface area contributed by atoms with Gasteiger partial charge in [-0.3, -0.25) is 0 Å². The molecule has 21 heavy (non-hydrogen) atoms. The van der Waals surface area contributed by atoms with E-state index in [0.29, 0.717) is 11.8 Å². The summed E-state index contributed by atoms with van der Waals surface area (Å²) >= 11 is 0. The van der Waals surface area contributed by atoms with Crippen LogP contribution in [-0.4, -0.2) is 36.0 Å². The summed E-state index contributed by atoms with van der Waals surface area (Å²) in [6.45, 7) is 4.29. The number of piperidine rings is 1. The average Bonchev–Trinajstić information content (AvgIpc) is 2.88. The van der Waals surface area contributed by atoms with E-state index in [-0.39, 0.29) is 17.8 Å². The maximum absolute atomic E-state index is 12.0. The number of hydrogen-bond donors (Lipinski definition) is 1. The largest absolute Gasteiger partial charge is 0.411 e. The number of nitrogens with one attached hydrogen (secondary N) is 1. The third-order valence-corrected chi connectivity index (χ3v) is 3.83. The van der Waals surface area contributed by atoms with Crippen LogP contribution in [0.5, 0.6) is 0 Å². The van der Waals surface area contributed by atoms with Crippen LogP contribution in [0.1, 0.15) is 38.4 Å². The molecule has 0 saturated carbocycles. The quantitative estimate of drug-likeness (QED) is 0.905. The Morgan fingerprint density at radius 3 is 2.76 bits per heavy atom. The number of ether oxygens (including phenoxy) is 1. The molecule has 0 bridgehead atoms. The number of halogens is 3. The molecule has 0 amide bonds. The Morgan fingerprint density at radius 1 is 1.38 bits per heavy atom. The molecule has 120 valence electrons. The fourth-order valence-electron chi connectivity index (χ4n) is 2.47. The van der Waals surface area contributed by atoms with Gasteiger partial charge in [0.2, 0.25) is 5.89 Å². The summed E-state index contributed by atoms with van der Waals surface area (Å²) in [7, 11) is 0. The lowest BCUT2D eigenvalue weighted by Gasteiger charge is -2.34. The van der Waals surface area contributed by atoms with Gasteiger partial charge in [0.1, 0.15) is 13.2 Å².